The molecule has 1 aromatic carbocycles. The lowest BCUT2D eigenvalue weighted by atomic mass is 10.0. The zero-order chi connectivity index (χ0) is 12.3. The molecule has 1 aromatic rings. The average Bonchev–Trinajstić information content (AvgIpc) is 2.82. The van der Waals surface area contributed by atoms with Crippen molar-refractivity contribution in [1.29, 1.82) is 0 Å². The van der Waals surface area contributed by atoms with Crippen molar-refractivity contribution >= 4 is 5.78 Å². The van der Waals surface area contributed by atoms with Crippen LogP contribution < -0.4 is 4.74 Å². The van der Waals surface area contributed by atoms with Gasteiger partial charge in [-0.25, -0.2) is 0 Å². The van der Waals surface area contributed by atoms with Crippen LogP contribution in [0.3, 0.4) is 0 Å². The van der Waals surface area contributed by atoms with Crippen LogP contribution in [0.25, 0.3) is 0 Å². The highest BCUT2D eigenvalue weighted by atomic mass is 16.5. The zero-order valence-corrected chi connectivity index (χ0v) is 10.6. The van der Waals surface area contributed by atoms with Crippen LogP contribution in [0.4, 0.5) is 0 Å². The molecule has 0 spiro atoms. The van der Waals surface area contributed by atoms with E-state index in [1.54, 1.807) is 0 Å². The second-order valence-corrected chi connectivity index (χ2v) is 5.07. The minimum Gasteiger partial charge on any atom is -0.490 e. The number of carbonyl (C=O) groups is 1. The quantitative estimate of drug-likeness (QED) is 0.737. The number of ketones is 1. The van der Waals surface area contributed by atoms with Crippen LogP contribution in [0.1, 0.15) is 49.9 Å². The molecule has 2 rings (SSSR count). The van der Waals surface area contributed by atoms with Gasteiger partial charge in [-0.05, 0) is 49.9 Å². The van der Waals surface area contributed by atoms with Crippen molar-refractivity contribution in [3.63, 3.8) is 0 Å². The molecular formula is C15H20O2. The van der Waals surface area contributed by atoms with Crippen molar-refractivity contribution in [3.05, 3.63) is 29.8 Å². The maximum absolute atomic E-state index is 11.8. The summed E-state index contributed by atoms with van der Waals surface area (Å²) in [4.78, 5) is 11.8. The first-order chi connectivity index (χ1) is 8.16. The van der Waals surface area contributed by atoms with Crippen LogP contribution in [0.5, 0.6) is 5.75 Å². The Morgan fingerprint density at radius 2 is 1.76 bits per heavy atom. The van der Waals surface area contributed by atoms with Crippen LogP contribution in [0, 0.1) is 5.92 Å². The van der Waals surface area contributed by atoms with Gasteiger partial charge in [-0.3, -0.25) is 4.79 Å². The predicted octanol–water partition coefficient (Wildman–Crippen LogP) is 3.85. The fraction of sp³-hybridized carbons (Fsp3) is 0.533. The van der Waals surface area contributed by atoms with Gasteiger partial charge in [-0.15, -0.1) is 0 Å². The third-order valence-corrected chi connectivity index (χ3v) is 3.27. The number of carbonyl (C=O) groups excluding carboxylic acids is 1. The van der Waals surface area contributed by atoms with Gasteiger partial charge in [0.05, 0.1) is 6.10 Å². The van der Waals surface area contributed by atoms with Crippen molar-refractivity contribution in [2.24, 2.45) is 5.92 Å². The van der Waals surface area contributed by atoms with E-state index in [4.69, 9.17) is 4.74 Å². The molecule has 2 nitrogen and oxygen atoms in total. The van der Waals surface area contributed by atoms with Crippen LogP contribution in [0.15, 0.2) is 24.3 Å². The minimum atomic E-state index is 0.0524. The Morgan fingerprint density at radius 3 is 2.29 bits per heavy atom. The number of rotatable bonds is 4. The second-order valence-electron chi connectivity index (χ2n) is 5.07. The molecule has 0 saturated heterocycles. The highest BCUT2D eigenvalue weighted by Gasteiger charge is 2.16. The molecule has 0 heterocycles. The Kier molecular flexibility index (Phi) is 3.82. The van der Waals surface area contributed by atoms with E-state index in [-0.39, 0.29) is 11.7 Å². The summed E-state index contributed by atoms with van der Waals surface area (Å²) in [6.45, 7) is 3.84. The van der Waals surface area contributed by atoms with Crippen LogP contribution >= 0.6 is 0 Å². The topological polar surface area (TPSA) is 26.3 Å². The number of hydrogen-bond acceptors (Lipinski definition) is 2. The molecule has 0 N–H and O–H groups in total. The van der Waals surface area contributed by atoms with Gasteiger partial charge < -0.3 is 4.74 Å². The van der Waals surface area contributed by atoms with Gasteiger partial charge in [0.25, 0.3) is 0 Å². The smallest absolute Gasteiger partial charge is 0.165 e. The summed E-state index contributed by atoms with van der Waals surface area (Å²) >= 11 is 0. The maximum atomic E-state index is 11.8. The Bertz CT molecular complexity index is 372. The predicted molar refractivity (Wildman–Crippen MR) is 68.5 cm³/mol. The van der Waals surface area contributed by atoms with Crippen molar-refractivity contribution in [3.8, 4) is 5.75 Å². The first kappa shape index (κ1) is 12.2. The number of Topliss-reactive ketones (excluding diaryl/α,β-unsaturated/α-hetero) is 1. The van der Waals surface area contributed by atoms with E-state index in [9.17, 15) is 4.79 Å². The lowest BCUT2D eigenvalue weighted by molar-refractivity contribution is 0.0939. The SMILES string of the molecule is CC(C)C(=O)c1ccc(OC2CCCC2)cc1. The van der Waals surface area contributed by atoms with Crippen molar-refractivity contribution < 1.29 is 9.53 Å². The number of hydrogen-bond donors (Lipinski definition) is 0. The molecule has 0 bridgehead atoms. The Hall–Kier alpha value is -1.31. The summed E-state index contributed by atoms with van der Waals surface area (Å²) in [7, 11) is 0. The van der Waals surface area contributed by atoms with Gasteiger partial charge in [0.15, 0.2) is 5.78 Å². The van der Waals surface area contributed by atoms with Crippen LogP contribution in [-0.4, -0.2) is 11.9 Å². The molecular weight excluding hydrogens is 212 g/mol. The molecule has 0 aromatic heterocycles. The molecule has 1 fully saturated rings. The standard InChI is InChI=1S/C15H20O2/c1-11(2)15(16)12-7-9-14(10-8-12)17-13-5-3-4-6-13/h7-11,13H,3-6H2,1-2H3. The minimum absolute atomic E-state index is 0.0524. The first-order valence-corrected chi connectivity index (χ1v) is 6.48. The summed E-state index contributed by atoms with van der Waals surface area (Å²) in [5.74, 6) is 1.13. The normalized spacial score (nSPS) is 16.4. The maximum Gasteiger partial charge on any atom is 0.165 e. The molecule has 17 heavy (non-hydrogen) atoms. The zero-order valence-electron chi connectivity index (χ0n) is 10.6. The highest BCUT2D eigenvalue weighted by Crippen LogP contribution is 2.24. The van der Waals surface area contributed by atoms with Gasteiger partial charge in [-0.1, -0.05) is 13.8 Å². The van der Waals surface area contributed by atoms with E-state index in [0.29, 0.717) is 6.10 Å². The molecule has 1 aliphatic carbocycles. The van der Waals surface area contributed by atoms with E-state index in [2.05, 4.69) is 0 Å². The number of benzene rings is 1. The van der Waals surface area contributed by atoms with E-state index in [0.717, 1.165) is 24.2 Å². The van der Waals surface area contributed by atoms with Gasteiger partial charge in [-0.2, -0.15) is 0 Å². The van der Waals surface area contributed by atoms with Crippen molar-refractivity contribution in [2.75, 3.05) is 0 Å². The van der Waals surface area contributed by atoms with Gasteiger partial charge in [0, 0.05) is 11.5 Å². The molecule has 0 radical (unpaired) electrons. The molecule has 1 saturated carbocycles. The Balaban J connectivity index is 1.99. The average molecular weight is 232 g/mol. The van der Waals surface area contributed by atoms with Crippen molar-refractivity contribution in [1.82, 2.24) is 0 Å². The van der Waals surface area contributed by atoms with Gasteiger partial charge >= 0.3 is 0 Å². The molecule has 0 aliphatic heterocycles. The summed E-state index contributed by atoms with van der Waals surface area (Å²) in [5, 5.41) is 0. The molecule has 1 aliphatic rings. The van der Waals surface area contributed by atoms with Crippen LogP contribution in [-0.2, 0) is 0 Å². The lowest BCUT2D eigenvalue weighted by Gasteiger charge is -2.13. The second kappa shape index (κ2) is 5.35. The fourth-order valence-corrected chi connectivity index (χ4v) is 2.23. The molecule has 0 amide bonds. The summed E-state index contributed by atoms with van der Waals surface area (Å²) in [5.41, 5.74) is 0.777. The van der Waals surface area contributed by atoms with Crippen LogP contribution in [0.2, 0.25) is 0 Å². The van der Waals surface area contributed by atoms with E-state index in [1.165, 1.54) is 12.8 Å². The van der Waals surface area contributed by atoms with Gasteiger partial charge in [0.2, 0.25) is 0 Å². The lowest BCUT2D eigenvalue weighted by Crippen LogP contribution is -2.11. The highest BCUT2D eigenvalue weighted by molar-refractivity contribution is 5.97. The number of ether oxygens (including phenoxy) is 1. The first-order valence-electron chi connectivity index (χ1n) is 6.48. The molecule has 0 atom stereocenters. The summed E-state index contributed by atoms with van der Waals surface area (Å²) in [6, 6.07) is 7.56. The third kappa shape index (κ3) is 3.09. The van der Waals surface area contributed by atoms with E-state index in [1.807, 2.05) is 38.1 Å². The molecule has 2 heteroatoms. The van der Waals surface area contributed by atoms with E-state index >= 15 is 0 Å². The largest absolute Gasteiger partial charge is 0.490 e. The fourth-order valence-electron chi connectivity index (χ4n) is 2.23. The summed E-state index contributed by atoms with van der Waals surface area (Å²) in [6.07, 6.45) is 5.24. The third-order valence-electron chi connectivity index (χ3n) is 3.27. The summed E-state index contributed by atoms with van der Waals surface area (Å²) < 4.78 is 5.86. The Morgan fingerprint density at radius 1 is 1.18 bits per heavy atom. The monoisotopic (exact) mass is 232 g/mol. The van der Waals surface area contributed by atoms with Crippen molar-refractivity contribution in [2.45, 2.75) is 45.6 Å². The van der Waals surface area contributed by atoms with Gasteiger partial charge in [0.1, 0.15) is 5.75 Å². The molecule has 0 unspecified atom stereocenters. The van der Waals surface area contributed by atoms with E-state index < -0.39 is 0 Å². The Labute approximate surface area is 103 Å². The molecule has 92 valence electrons.